The van der Waals surface area contributed by atoms with Crippen LogP contribution < -0.4 is 16.0 Å². The first-order valence-electron chi connectivity index (χ1n) is 9.29. The SMILES string of the molecule is O=C(Nc1cccc(C(F)(F)F)c1)Nc1ncc(CCNc2ncnc3c2SCC3)s1. The molecule has 0 bridgehead atoms. The fraction of sp³-hybridized carbons (Fsp3) is 0.263. The second-order valence-electron chi connectivity index (χ2n) is 6.56. The van der Waals surface area contributed by atoms with Crippen molar-refractivity contribution in [2.24, 2.45) is 0 Å². The molecule has 7 nitrogen and oxygen atoms in total. The third-order valence-corrected chi connectivity index (χ3v) is 6.45. The molecule has 31 heavy (non-hydrogen) atoms. The van der Waals surface area contributed by atoms with E-state index in [-0.39, 0.29) is 5.69 Å². The molecule has 0 saturated carbocycles. The van der Waals surface area contributed by atoms with Gasteiger partial charge in [0, 0.05) is 41.9 Å². The van der Waals surface area contributed by atoms with Gasteiger partial charge in [0.2, 0.25) is 0 Å². The lowest BCUT2D eigenvalue weighted by Gasteiger charge is -2.09. The highest BCUT2D eigenvalue weighted by Crippen LogP contribution is 2.34. The van der Waals surface area contributed by atoms with Crippen molar-refractivity contribution in [2.45, 2.75) is 23.9 Å². The predicted octanol–water partition coefficient (Wildman–Crippen LogP) is 4.90. The minimum absolute atomic E-state index is 0.0450. The van der Waals surface area contributed by atoms with Gasteiger partial charge in [-0.1, -0.05) is 6.07 Å². The average Bonchev–Trinajstić information content (AvgIpc) is 3.37. The quantitative estimate of drug-likeness (QED) is 0.479. The molecular formula is C19H17F3N6OS2. The number of carbonyl (C=O) groups excluding carboxylic acids is 1. The number of urea groups is 1. The molecule has 1 aliphatic heterocycles. The molecule has 0 aliphatic carbocycles. The first kappa shape index (κ1) is 21.4. The van der Waals surface area contributed by atoms with Crippen molar-refractivity contribution in [3.05, 3.63) is 52.9 Å². The third kappa shape index (κ3) is 5.44. The summed E-state index contributed by atoms with van der Waals surface area (Å²) in [4.78, 5) is 26.9. The van der Waals surface area contributed by atoms with Crippen LogP contribution in [0.4, 0.5) is 34.6 Å². The number of amides is 2. The van der Waals surface area contributed by atoms with Gasteiger partial charge in [-0.15, -0.1) is 23.1 Å². The molecule has 2 aromatic heterocycles. The number of fused-ring (bicyclic) bond motifs is 1. The summed E-state index contributed by atoms with van der Waals surface area (Å²) in [6, 6.07) is 3.78. The number of thioether (sulfide) groups is 1. The van der Waals surface area contributed by atoms with Crippen molar-refractivity contribution in [1.29, 1.82) is 0 Å². The Morgan fingerprint density at radius 3 is 2.87 bits per heavy atom. The maximum atomic E-state index is 12.8. The number of anilines is 3. The zero-order valence-corrected chi connectivity index (χ0v) is 17.6. The Morgan fingerprint density at radius 1 is 1.16 bits per heavy atom. The van der Waals surface area contributed by atoms with E-state index in [2.05, 4.69) is 30.9 Å². The van der Waals surface area contributed by atoms with Crippen molar-refractivity contribution < 1.29 is 18.0 Å². The van der Waals surface area contributed by atoms with Crippen LogP contribution in [0.3, 0.4) is 0 Å². The largest absolute Gasteiger partial charge is 0.416 e. The van der Waals surface area contributed by atoms with E-state index in [4.69, 9.17) is 0 Å². The highest BCUT2D eigenvalue weighted by Gasteiger charge is 2.30. The van der Waals surface area contributed by atoms with Gasteiger partial charge in [0.15, 0.2) is 5.13 Å². The van der Waals surface area contributed by atoms with Crippen LogP contribution in [-0.2, 0) is 19.0 Å². The van der Waals surface area contributed by atoms with Crippen LogP contribution >= 0.6 is 23.1 Å². The van der Waals surface area contributed by atoms with Crippen molar-refractivity contribution in [3.8, 4) is 0 Å². The lowest BCUT2D eigenvalue weighted by atomic mass is 10.2. The topological polar surface area (TPSA) is 91.8 Å². The van der Waals surface area contributed by atoms with E-state index in [0.29, 0.717) is 18.1 Å². The Morgan fingerprint density at radius 2 is 2.03 bits per heavy atom. The van der Waals surface area contributed by atoms with Gasteiger partial charge in [-0.2, -0.15) is 13.2 Å². The summed E-state index contributed by atoms with van der Waals surface area (Å²) in [5, 5.41) is 8.60. The van der Waals surface area contributed by atoms with Gasteiger partial charge in [0.05, 0.1) is 16.2 Å². The first-order valence-corrected chi connectivity index (χ1v) is 11.1. The monoisotopic (exact) mass is 466 g/mol. The van der Waals surface area contributed by atoms with Crippen molar-refractivity contribution >= 4 is 45.8 Å². The molecule has 3 heterocycles. The zero-order chi connectivity index (χ0) is 21.8. The molecule has 1 aliphatic rings. The van der Waals surface area contributed by atoms with Gasteiger partial charge in [-0.05, 0) is 18.2 Å². The fourth-order valence-electron chi connectivity index (χ4n) is 2.93. The minimum atomic E-state index is -4.48. The number of hydrogen-bond donors (Lipinski definition) is 3. The van der Waals surface area contributed by atoms with Gasteiger partial charge in [0.25, 0.3) is 0 Å². The highest BCUT2D eigenvalue weighted by atomic mass is 32.2. The van der Waals surface area contributed by atoms with E-state index in [1.807, 2.05) is 0 Å². The van der Waals surface area contributed by atoms with Crippen molar-refractivity contribution in [3.63, 3.8) is 0 Å². The standard InChI is InChI=1S/C19H17F3N6OS2/c20-19(21,22)11-2-1-3-12(8-11)27-17(29)28-18-24-9-13(31-18)4-6-23-16-15-14(5-7-30-15)25-10-26-16/h1-3,8-10H,4-7H2,(H,23,25,26)(H2,24,27,28,29). The summed E-state index contributed by atoms with van der Waals surface area (Å²) in [5.41, 5.74) is 0.282. The summed E-state index contributed by atoms with van der Waals surface area (Å²) in [5.74, 6) is 1.84. The van der Waals surface area contributed by atoms with Gasteiger partial charge in [0.1, 0.15) is 12.1 Å². The molecule has 0 unspecified atom stereocenters. The maximum Gasteiger partial charge on any atom is 0.416 e. The van der Waals surface area contributed by atoms with Crippen LogP contribution in [0.25, 0.3) is 0 Å². The molecule has 0 fully saturated rings. The Labute approximate surface area is 183 Å². The third-order valence-electron chi connectivity index (χ3n) is 4.35. The normalized spacial score (nSPS) is 13.0. The van der Waals surface area contributed by atoms with Crippen molar-refractivity contribution in [1.82, 2.24) is 15.0 Å². The van der Waals surface area contributed by atoms with E-state index in [0.717, 1.165) is 45.6 Å². The molecule has 3 aromatic rings. The summed E-state index contributed by atoms with van der Waals surface area (Å²) in [6.07, 6.45) is 0.370. The van der Waals surface area contributed by atoms with Crippen LogP contribution in [0.15, 0.2) is 41.7 Å². The molecular weight excluding hydrogens is 449 g/mol. The van der Waals surface area contributed by atoms with E-state index in [1.54, 1.807) is 24.3 Å². The van der Waals surface area contributed by atoms with Gasteiger partial charge < -0.3 is 10.6 Å². The molecule has 2 amide bonds. The molecule has 12 heteroatoms. The Balaban J connectivity index is 1.28. The molecule has 0 spiro atoms. The number of rotatable bonds is 6. The fourth-order valence-corrected chi connectivity index (χ4v) is 4.82. The van der Waals surface area contributed by atoms with Crippen LogP contribution in [0.5, 0.6) is 0 Å². The van der Waals surface area contributed by atoms with Crippen LogP contribution in [0.1, 0.15) is 16.1 Å². The smallest absolute Gasteiger partial charge is 0.369 e. The number of aromatic nitrogens is 3. The van der Waals surface area contributed by atoms with Crippen LogP contribution in [0, 0.1) is 0 Å². The van der Waals surface area contributed by atoms with E-state index in [9.17, 15) is 18.0 Å². The van der Waals surface area contributed by atoms with Gasteiger partial charge in [-0.3, -0.25) is 5.32 Å². The predicted molar refractivity (Wildman–Crippen MR) is 115 cm³/mol. The summed E-state index contributed by atoms with van der Waals surface area (Å²) >= 11 is 3.04. The molecule has 162 valence electrons. The number of thiazole rings is 1. The summed E-state index contributed by atoms with van der Waals surface area (Å²) in [6.45, 7) is 0.641. The van der Waals surface area contributed by atoms with Gasteiger partial charge >= 0.3 is 12.2 Å². The second-order valence-corrected chi connectivity index (χ2v) is 8.78. The Kier molecular flexibility index (Phi) is 6.28. The number of aryl methyl sites for hydroxylation is 1. The summed E-state index contributed by atoms with van der Waals surface area (Å²) < 4.78 is 38.3. The number of halogens is 3. The number of nitrogens with zero attached hydrogens (tertiary/aromatic N) is 3. The van der Waals surface area contributed by atoms with E-state index in [1.165, 1.54) is 23.5 Å². The van der Waals surface area contributed by atoms with Gasteiger partial charge in [-0.25, -0.2) is 19.7 Å². The van der Waals surface area contributed by atoms with E-state index < -0.39 is 17.8 Å². The van der Waals surface area contributed by atoms with E-state index >= 15 is 0 Å². The first-order chi connectivity index (χ1) is 14.9. The number of hydrogen-bond acceptors (Lipinski definition) is 7. The molecule has 1 aromatic carbocycles. The molecule has 0 saturated heterocycles. The average molecular weight is 467 g/mol. The molecule has 3 N–H and O–H groups in total. The molecule has 4 rings (SSSR count). The highest BCUT2D eigenvalue weighted by molar-refractivity contribution is 7.99. The van der Waals surface area contributed by atoms with Crippen LogP contribution in [0.2, 0.25) is 0 Å². The van der Waals surface area contributed by atoms with Crippen molar-refractivity contribution in [2.75, 3.05) is 28.2 Å². The minimum Gasteiger partial charge on any atom is -0.369 e. The number of nitrogens with one attached hydrogen (secondary N) is 3. The zero-order valence-electron chi connectivity index (χ0n) is 16.0. The lowest BCUT2D eigenvalue weighted by Crippen LogP contribution is -2.19. The second kappa shape index (κ2) is 9.10. The Bertz CT molecular complexity index is 1090. The number of alkyl halides is 3. The maximum absolute atomic E-state index is 12.8. The molecule has 0 radical (unpaired) electrons. The number of benzene rings is 1. The Hall–Kier alpha value is -2.86. The molecule has 0 atom stereocenters. The summed E-state index contributed by atoms with van der Waals surface area (Å²) in [7, 11) is 0. The number of carbonyl (C=O) groups is 1. The van der Waals surface area contributed by atoms with Crippen LogP contribution in [-0.4, -0.2) is 33.3 Å². The lowest BCUT2D eigenvalue weighted by molar-refractivity contribution is -0.137.